The molecule has 0 radical (unpaired) electrons. The van der Waals surface area contributed by atoms with Crippen LogP contribution in [0, 0.1) is 12.7 Å². The number of benzene rings is 1. The molecule has 2 atom stereocenters. The summed E-state index contributed by atoms with van der Waals surface area (Å²) in [5.74, 6) is -4.83. The summed E-state index contributed by atoms with van der Waals surface area (Å²) in [6, 6.07) is 3.05. The summed E-state index contributed by atoms with van der Waals surface area (Å²) < 4.78 is 73.1. The Morgan fingerprint density at radius 2 is 1.86 bits per heavy atom. The van der Waals surface area contributed by atoms with E-state index in [2.05, 4.69) is 15.4 Å². The molecule has 0 spiro atoms. The van der Waals surface area contributed by atoms with Gasteiger partial charge in [-0.25, -0.2) is 31.5 Å². The molecule has 14 heteroatoms. The van der Waals surface area contributed by atoms with Crippen molar-refractivity contribution in [2.75, 3.05) is 31.9 Å². The van der Waals surface area contributed by atoms with Gasteiger partial charge in [0.1, 0.15) is 23.8 Å². The monoisotopic (exact) mass is 593 g/mol. The quantitative estimate of drug-likeness (QED) is 0.423. The second-order valence-electron chi connectivity index (χ2n) is 11.5. The zero-order chi connectivity index (χ0) is 30.6. The van der Waals surface area contributed by atoms with Crippen molar-refractivity contribution in [2.45, 2.75) is 64.0 Å². The number of carbonyl (C=O) groups is 2. The van der Waals surface area contributed by atoms with Gasteiger partial charge in [0, 0.05) is 50.1 Å². The predicted molar refractivity (Wildman–Crippen MR) is 145 cm³/mol. The van der Waals surface area contributed by atoms with Crippen LogP contribution in [0.1, 0.15) is 48.2 Å². The van der Waals surface area contributed by atoms with E-state index < -0.39 is 41.4 Å². The number of alkyl halides is 4. The number of aromatic nitrogens is 3. The van der Waals surface area contributed by atoms with Crippen LogP contribution in [0.5, 0.6) is 0 Å². The van der Waals surface area contributed by atoms with Crippen LogP contribution in [0.4, 0.5) is 27.8 Å². The Morgan fingerprint density at radius 3 is 2.52 bits per heavy atom. The molecule has 2 aromatic heterocycles. The third-order valence-electron chi connectivity index (χ3n) is 7.84. The topological polar surface area (TPSA) is 109 Å². The summed E-state index contributed by atoms with van der Waals surface area (Å²) in [7, 11) is 0. The highest BCUT2D eigenvalue weighted by atomic mass is 19.3. The number of carbonyl (C=O) groups excluding carboxylic acids is 2. The second-order valence-corrected chi connectivity index (χ2v) is 11.5. The van der Waals surface area contributed by atoms with Gasteiger partial charge in [-0.3, -0.25) is 14.5 Å². The van der Waals surface area contributed by atoms with E-state index >= 15 is 4.39 Å². The molecule has 3 N–H and O–H groups in total. The number of halogens is 5. The Morgan fingerprint density at radius 1 is 1.17 bits per heavy atom. The fourth-order valence-corrected chi connectivity index (χ4v) is 5.54. The van der Waals surface area contributed by atoms with Gasteiger partial charge < -0.3 is 16.0 Å². The third-order valence-corrected chi connectivity index (χ3v) is 7.84. The van der Waals surface area contributed by atoms with Gasteiger partial charge in [0.05, 0.1) is 18.3 Å². The van der Waals surface area contributed by atoms with Crippen LogP contribution < -0.4 is 11.1 Å². The predicted octanol–water partition coefficient (Wildman–Crippen LogP) is 3.68. The number of likely N-dealkylation sites (tertiary alicyclic amines) is 2. The van der Waals surface area contributed by atoms with E-state index in [4.69, 9.17) is 5.73 Å². The molecule has 0 bridgehead atoms. The number of fused-ring (bicyclic) bond motifs is 1. The van der Waals surface area contributed by atoms with E-state index in [0.29, 0.717) is 11.1 Å². The van der Waals surface area contributed by atoms with E-state index in [0.717, 1.165) is 18.7 Å². The standard InChI is InChI=1S/C28H32F5N7O2/c1-15-8-19(29)18(10-17(15)25(41)37-21-13-39(12-20(21)30)26(42)27(2,3)31)22-9-16(23-24(34)35-14-36-40(22)23)11-38-6-4-28(32,33)5-7-38/h8-10,14,20-21H,4-7,11-13H2,1-3H3,(H,37,41)(H2,34,35,36)/t20-,21+/m0/s1. The van der Waals surface area contributed by atoms with Crippen LogP contribution in [0.3, 0.4) is 0 Å². The molecule has 2 aliphatic rings. The van der Waals surface area contributed by atoms with Crippen LogP contribution in [0.2, 0.25) is 0 Å². The number of rotatable bonds is 6. The Balaban J connectivity index is 1.44. The smallest absolute Gasteiger partial charge is 0.259 e. The minimum atomic E-state index is -2.72. The first-order valence-corrected chi connectivity index (χ1v) is 13.6. The number of amides is 2. The van der Waals surface area contributed by atoms with E-state index in [1.54, 1.807) is 6.07 Å². The molecule has 226 valence electrons. The first-order chi connectivity index (χ1) is 19.6. The summed E-state index contributed by atoms with van der Waals surface area (Å²) in [5.41, 5.74) is 5.56. The van der Waals surface area contributed by atoms with Crippen molar-refractivity contribution in [1.82, 2.24) is 29.7 Å². The lowest BCUT2D eigenvalue weighted by molar-refractivity contribution is -0.141. The average Bonchev–Trinajstić information content (AvgIpc) is 3.45. The maximum atomic E-state index is 15.4. The number of hydrogen-bond donors (Lipinski definition) is 2. The summed E-state index contributed by atoms with van der Waals surface area (Å²) in [4.78, 5) is 32.5. The molecule has 2 saturated heterocycles. The van der Waals surface area contributed by atoms with Crippen LogP contribution in [-0.2, 0) is 11.3 Å². The van der Waals surface area contributed by atoms with E-state index in [-0.39, 0.29) is 73.8 Å². The van der Waals surface area contributed by atoms with Crippen molar-refractivity contribution in [2.24, 2.45) is 0 Å². The Hall–Kier alpha value is -3.81. The summed E-state index contributed by atoms with van der Waals surface area (Å²) in [6.45, 7) is 3.70. The molecule has 0 aliphatic carbocycles. The van der Waals surface area contributed by atoms with Crippen molar-refractivity contribution in [1.29, 1.82) is 0 Å². The van der Waals surface area contributed by atoms with Crippen LogP contribution in [0.15, 0.2) is 24.5 Å². The van der Waals surface area contributed by atoms with Gasteiger partial charge in [0.25, 0.3) is 17.7 Å². The molecule has 4 heterocycles. The number of hydrogen-bond acceptors (Lipinski definition) is 6. The van der Waals surface area contributed by atoms with Crippen LogP contribution in [-0.4, -0.2) is 86.2 Å². The molecule has 1 aromatic carbocycles. The first-order valence-electron chi connectivity index (χ1n) is 13.6. The number of anilines is 1. The number of nitrogens with two attached hydrogens (primary N) is 1. The van der Waals surface area contributed by atoms with Gasteiger partial charge in [0.15, 0.2) is 11.5 Å². The minimum Gasteiger partial charge on any atom is -0.382 e. The van der Waals surface area contributed by atoms with Crippen molar-refractivity contribution in [3.63, 3.8) is 0 Å². The second kappa shape index (κ2) is 10.8. The van der Waals surface area contributed by atoms with Gasteiger partial charge >= 0.3 is 0 Å². The molecule has 2 fully saturated rings. The molecule has 0 saturated carbocycles. The van der Waals surface area contributed by atoms with E-state index in [1.165, 1.54) is 29.9 Å². The van der Waals surface area contributed by atoms with Gasteiger partial charge in [-0.2, -0.15) is 5.10 Å². The summed E-state index contributed by atoms with van der Waals surface area (Å²) >= 11 is 0. The summed E-state index contributed by atoms with van der Waals surface area (Å²) in [5, 5.41) is 6.79. The highest BCUT2D eigenvalue weighted by Gasteiger charge is 2.41. The van der Waals surface area contributed by atoms with Crippen LogP contribution in [0.25, 0.3) is 16.8 Å². The fraction of sp³-hybridized carbons (Fsp3) is 0.500. The highest BCUT2D eigenvalue weighted by molar-refractivity contribution is 5.97. The molecule has 0 unspecified atom stereocenters. The SMILES string of the molecule is Cc1cc(F)c(-c2cc(CN3CCC(F)(F)CC3)c3c(N)ncnn23)cc1C(=O)N[C@@H]1CN(C(=O)C(C)(C)F)C[C@@H]1F. The van der Waals surface area contributed by atoms with Crippen molar-refractivity contribution < 1.29 is 31.5 Å². The van der Waals surface area contributed by atoms with Crippen LogP contribution >= 0.6 is 0 Å². The number of aryl methyl sites for hydroxylation is 1. The van der Waals surface area contributed by atoms with Gasteiger partial charge in [-0.05, 0) is 50.1 Å². The maximum Gasteiger partial charge on any atom is 0.259 e. The van der Waals surface area contributed by atoms with Gasteiger partial charge in [-0.15, -0.1) is 0 Å². The first kappa shape index (κ1) is 29.7. The molecule has 2 aliphatic heterocycles. The molecular weight excluding hydrogens is 561 g/mol. The van der Waals surface area contributed by atoms with E-state index in [9.17, 15) is 27.2 Å². The Kier molecular flexibility index (Phi) is 7.62. The molecule has 42 heavy (non-hydrogen) atoms. The third kappa shape index (κ3) is 5.76. The Labute approximate surface area is 238 Å². The number of nitrogens with one attached hydrogen (secondary N) is 1. The van der Waals surface area contributed by atoms with E-state index in [1.807, 2.05) is 4.90 Å². The number of nitrogens with zero attached hydrogens (tertiary/aromatic N) is 5. The molecule has 2 amide bonds. The minimum absolute atomic E-state index is 0.00878. The lowest BCUT2D eigenvalue weighted by Gasteiger charge is -2.31. The summed E-state index contributed by atoms with van der Waals surface area (Å²) in [6.07, 6.45) is -0.974. The number of piperidine rings is 1. The van der Waals surface area contributed by atoms with Gasteiger partial charge in [-0.1, -0.05) is 0 Å². The zero-order valence-electron chi connectivity index (χ0n) is 23.4. The lowest BCUT2D eigenvalue weighted by Crippen LogP contribution is -2.44. The molecule has 5 rings (SSSR count). The lowest BCUT2D eigenvalue weighted by atomic mass is 10.0. The molecular formula is C28H32F5N7O2. The maximum absolute atomic E-state index is 15.4. The average molecular weight is 594 g/mol. The number of nitrogen functional groups attached to an aromatic ring is 1. The van der Waals surface area contributed by atoms with Crippen molar-refractivity contribution >= 4 is 23.1 Å². The van der Waals surface area contributed by atoms with Crippen molar-refractivity contribution in [3.05, 3.63) is 47.0 Å². The Bertz CT molecular complexity index is 1530. The largest absolute Gasteiger partial charge is 0.382 e. The molecule has 3 aromatic rings. The normalized spacial score (nSPS) is 21.2. The van der Waals surface area contributed by atoms with Gasteiger partial charge in [0.2, 0.25) is 0 Å². The zero-order valence-corrected chi connectivity index (χ0v) is 23.4. The van der Waals surface area contributed by atoms with Crippen molar-refractivity contribution in [3.8, 4) is 11.3 Å². The fourth-order valence-electron chi connectivity index (χ4n) is 5.54. The highest BCUT2D eigenvalue weighted by Crippen LogP contribution is 2.34. The molecule has 9 nitrogen and oxygen atoms in total.